The number of aliphatic hydroxyl groups excluding tert-OH is 2. The molecule has 0 spiro atoms. The molecule has 25 heavy (non-hydrogen) atoms. The Bertz CT molecular complexity index is 720. The molecule has 1 aliphatic rings. The van der Waals surface area contributed by atoms with Crippen molar-refractivity contribution in [2.24, 2.45) is 0 Å². The van der Waals surface area contributed by atoms with E-state index in [1.54, 1.807) is 6.92 Å². The van der Waals surface area contributed by atoms with Crippen molar-refractivity contribution in [2.75, 3.05) is 0 Å². The number of hydrogen-bond donors (Lipinski definition) is 4. The first-order chi connectivity index (χ1) is 11.8. The Balaban J connectivity index is 2.43. The number of ether oxygens (including phenoxy) is 1. The highest BCUT2D eigenvalue weighted by molar-refractivity contribution is 5.97. The maximum atomic E-state index is 12.3. The van der Waals surface area contributed by atoms with Crippen molar-refractivity contribution in [1.29, 1.82) is 0 Å². The molecule has 0 aliphatic carbocycles. The lowest BCUT2D eigenvalue weighted by molar-refractivity contribution is -0.127. The molecule has 0 fully saturated rings. The predicted octanol–water partition coefficient (Wildman–Crippen LogP) is 1.30. The predicted molar refractivity (Wildman–Crippen MR) is 89.1 cm³/mol. The second-order valence-corrected chi connectivity index (χ2v) is 5.84. The van der Waals surface area contributed by atoms with E-state index in [1.165, 1.54) is 24.3 Å². The maximum absolute atomic E-state index is 12.3. The molecular formula is C18H20O7. The third kappa shape index (κ3) is 4.68. The van der Waals surface area contributed by atoms with Gasteiger partial charge in [0.1, 0.15) is 29.3 Å². The molecule has 2 rings (SSSR count). The van der Waals surface area contributed by atoms with E-state index >= 15 is 0 Å². The molecule has 0 saturated heterocycles. The van der Waals surface area contributed by atoms with Gasteiger partial charge in [-0.3, -0.25) is 4.79 Å². The summed E-state index contributed by atoms with van der Waals surface area (Å²) in [6.07, 6.45) is 2.05. The molecule has 0 unspecified atom stereocenters. The van der Waals surface area contributed by atoms with Gasteiger partial charge in [0.2, 0.25) is 0 Å². The second-order valence-electron chi connectivity index (χ2n) is 5.84. The van der Waals surface area contributed by atoms with Crippen LogP contribution in [-0.4, -0.2) is 50.5 Å². The van der Waals surface area contributed by atoms with Gasteiger partial charge in [-0.05, 0) is 31.1 Å². The molecule has 7 nitrogen and oxygen atoms in total. The summed E-state index contributed by atoms with van der Waals surface area (Å²) in [6, 6.07) is 2.29. The standard InChI is InChI=1S/C18H20O7/c1-10-4-2-6-13(20)17(23)14(21)7-3-5-11-8-12(19)9-15(22)16(11)18(24)25-10/h2-3,5-6,8-10,14,17,19,21-23H,4,7H2,1H3/b5-3+,6-2+/t10-,14-,17+/m0/s1. The first kappa shape index (κ1) is 18.7. The van der Waals surface area contributed by atoms with E-state index in [-0.39, 0.29) is 29.7 Å². The normalized spacial score (nSPS) is 27.7. The molecule has 7 heteroatoms. The largest absolute Gasteiger partial charge is 0.508 e. The number of hydrogen-bond acceptors (Lipinski definition) is 7. The number of phenolic OH excluding ortho intramolecular Hbond substituents is 2. The number of fused-ring (bicyclic) bond motifs is 1. The average Bonchev–Trinajstić information content (AvgIpc) is 2.52. The van der Waals surface area contributed by atoms with Crippen LogP contribution >= 0.6 is 0 Å². The van der Waals surface area contributed by atoms with Gasteiger partial charge in [0.25, 0.3) is 0 Å². The summed E-state index contributed by atoms with van der Waals surface area (Å²) in [5, 5.41) is 39.3. The molecule has 1 aliphatic heterocycles. The Hall–Kier alpha value is -2.64. The van der Waals surface area contributed by atoms with Gasteiger partial charge in [-0.25, -0.2) is 4.79 Å². The SMILES string of the molecule is C[C@H]1C/C=C/C(=O)[C@@H](O)[C@@H](O)C/C=C/c2cc(O)cc(O)c2C(=O)O1. The van der Waals surface area contributed by atoms with Crippen molar-refractivity contribution in [1.82, 2.24) is 0 Å². The number of cyclic esters (lactones) is 1. The summed E-state index contributed by atoms with van der Waals surface area (Å²) in [5.74, 6) is -2.11. The van der Waals surface area contributed by atoms with Crippen LogP contribution in [-0.2, 0) is 9.53 Å². The molecule has 1 aromatic carbocycles. The minimum Gasteiger partial charge on any atom is -0.508 e. The van der Waals surface area contributed by atoms with E-state index in [9.17, 15) is 30.0 Å². The third-order valence-corrected chi connectivity index (χ3v) is 3.73. The lowest BCUT2D eigenvalue weighted by atomic mass is 10.0. The summed E-state index contributed by atoms with van der Waals surface area (Å²) in [7, 11) is 0. The molecule has 4 N–H and O–H groups in total. The Morgan fingerprint density at radius 3 is 2.44 bits per heavy atom. The van der Waals surface area contributed by atoms with Crippen LogP contribution < -0.4 is 0 Å². The molecule has 0 bridgehead atoms. The maximum Gasteiger partial charge on any atom is 0.342 e. The van der Waals surface area contributed by atoms with Crippen molar-refractivity contribution in [3.8, 4) is 11.5 Å². The fourth-order valence-corrected chi connectivity index (χ4v) is 2.40. The summed E-state index contributed by atoms with van der Waals surface area (Å²) < 4.78 is 5.24. The lowest BCUT2D eigenvalue weighted by Crippen LogP contribution is -2.32. The minimum absolute atomic E-state index is 0.0674. The monoisotopic (exact) mass is 348 g/mol. The molecule has 134 valence electrons. The summed E-state index contributed by atoms with van der Waals surface area (Å²) in [6.45, 7) is 1.61. The number of phenols is 2. The molecule has 3 atom stereocenters. The molecular weight excluding hydrogens is 328 g/mol. The van der Waals surface area contributed by atoms with E-state index in [1.807, 2.05) is 0 Å². The molecule has 1 aromatic rings. The highest BCUT2D eigenvalue weighted by atomic mass is 16.5. The van der Waals surface area contributed by atoms with Gasteiger partial charge in [-0.2, -0.15) is 0 Å². The first-order valence-corrected chi connectivity index (χ1v) is 7.79. The van der Waals surface area contributed by atoms with Crippen molar-refractivity contribution < 1.29 is 34.8 Å². The molecule has 1 heterocycles. The van der Waals surface area contributed by atoms with Gasteiger partial charge in [-0.1, -0.05) is 18.2 Å². The number of carbonyl (C=O) groups is 2. The van der Waals surface area contributed by atoms with E-state index in [0.29, 0.717) is 0 Å². The Kier molecular flexibility index (Phi) is 5.95. The van der Waals surface area contributed by atoms with Crippen LogP contribution in [0.15, 0.2) is 30.4 Å². The number of benzene rings is 1. The molecule has 0 radical (unpaired) electrons. The van der Waals surface area contributed by atoms with Gasteiger partial charge in [0.15, 0.2) is 5.78 Å². The number of esters is 1. The lowest BCUT2D eigenvalue weighted by Gasteiger charge is -2.16. The van der Waals surface area contributed by atoms with Gasteiger partial charge < -0.3 is 25.2 Å². The topological polar surface area (TPSA) is 124 Å². The van der Waals surface area contributed by atoms with Crippen molar-refractivity contribution in [3.63, 3.8) is 0 Å². The zero-order valence-corrected chi connectivity index (χ0v) is 13.6. The fraction of sp³-hybridized carbons (Fsp3) is 0.333. The van der Waals surface area contributed by atoms with Gasteiger partial charge >= 0.3 is 5.97 Å². The number of carbonyl (C=O) groups excluding carboxylic acids is 2. The second kappa shape index (κ2) is 7.96. The Labute approximate surface area is 144 Å². The smallest absolute Gasteiger partial charge is 0.342 e. The zero-order chi connectivity index (χ0) is 18.6. The van der Waals surface area contributed by atoms with Crippen LogP contribution in [0, 0.1) is 0 Å². The van der Waals surface area contributed by atoms with Crippen LogP contribution in [0.2, 0.25) is 0 Å². The van der Waals surface area contributed by atoms with Crippen LogP contribution in [0.1, 0.15) is 35.7 Å². The minimum atomic E-state index is -1.57. The van der Waals surface area contributed by atoms with Gasteiger partial charge in [0.05, 0.1) is 6.10 Å². The first-order valence-electron chi connectivity index (χ1n) is 7.79. The van der Waals surface area contributed by atoms with Gasteiger partial charge in [0, 0.05) is 12.5 Å². The van der Waals surface area contributed by atoms with E-state index in [4.69, 9.17) is 4.74 Å². The van der Waals surface area contributed by atoms with Crippen LogP contribution in [0.3, 0.4) is 0 Å². The van der Waals surface area contributed by atoms with E-state index in [0.717, 1.165) is 12.1 Å². The number of ketones is 1. The number of rotatable bonds is 0. The van der Waals surface area contributed by atoms with Crippen LogP contribution in [0.4, 0.5) is 0 Å². The summed E-state index contributed by atoms with van der Waals surface area (Å²) >= 11 is 0. The van der Waals surface area contributed by atoms with Crippen molar-refractivity contribution in [2.45, 2.75) is 38.1 Å². The average molecular weight is 348 g/mol. The molecule has 0 aromatic heterocycles. The molecule has 0 saturated carbocycles. The number of aromatic hydroxyl groups is 2. The fourth-order valence-electron chi connectivity index (χ4n) is 2.40. The Morgan fingerprint density at radius 1 is 1.04 bits per heavy atom. The Morgan fingerprint density at radius 2 is 1.72 bits per heavy atom. The van der Waals surface area contributed by atoms with Crippen LogP contribution in [0.5, 0.6) is 11.5 Å². The third-order valence-electron chi connectivity index (χ3n) is 3.73. The highest BCUT2D eigenvalue weighted by Crippen LogP contribution is 2.29. The van der Waals surface area contributed by atoms with Crippen molar-refractivity contribution >= 4 is 17.8 Å². The highest BCUT2D eigenvalue weighted by Gasteiger charge is 2.23. The van der Waals surface area contributed by atoms with Gasteiger partial charge in [-0.15, -0.1) is 0 Å². The van der Waals surface area contributed by atoms with Crippen molar-refractivity contribution in [3.05, 3.63) is 41.5 Å². The summed E-state index contributed by atoms with van der Waals surface area (Å²) in [4.78, 5) is 24.1. The quantitative estimate of drug-likeness (QED) is 0.521. The zero-order valence-electron chi connectivity index (χ0n) is 13.6. The molecule has 0 amide bonds. The van der Waals surface area contributed by atoms with Crippen LogP contribution in [0.25, 0.3) is 6.08 Å². The van der Waals surface area contributed by atoms with E-state index in [2.05, 4.69) is 0 Å². The number of aliphatic hydroxyl groups is 2. The summed E-state index contributed by atoms with van der Waals surface area (Å²) in [5.41, 5.74) is 0.0726. The van der Waals surface area contributed by atoms with E-state index < -0.39 is 35.8 Å².